The third-order valence-corrected chi connectivity index (χ3v) is 4.49. The van der Waals surface area contributed by atoms with Crippen LogP contribution in [0.1, 0.15) is 19.3 Å². The second kappa shape index (κ2) is 7.01. The molecule has 1 saturated heterocycles. The van der Waals surface area contributed by atoms with Gasteiger partial charge in [-0.2, -0.15) is 0 Å². The monoisotopic (exact) mass is 304 g/mol. The van der Waals surface area contributed by atoms with E-state index in [1.54, 1.807) is 0 Å². The number of carbonyl (C=O) groups excluding carboxylic acids is 1. The average molecular weight is 304 g/mol. The van der Waals surface area contributed by atoms with Gasteiger partial charge in [0.1, 0.15) is 6.61 Å². The average Bonchev–Trinajstić information content (AvgIpc) is 2.56. The first kappa shape index (κ1) is 15.2. The third-order valence-electron chi connectivity index (χ3n) is 4.49. The van der Waals surface area contributed by atoms with Crippen molar-refractivity contribution in [2.75, 3.05) is 33.3 Å². The lowest BCUT2D eigenvalue weighted by Crippen LogP contribution is -2.44. The molecule has 120 valence electrons. The van der Waals surface area contributed by atoms with E-state index < -0.39 is 6.10 Å². The largest absolute Gasteiger partial charge is 0.485 e. The summed E-state index contributed by atoms with van der Waals surface area (Å²) >= 11 is 0. The Morgan fingerprint density at radius 2 is 2.00 bits per heavy atom. The van der Waals surface area contributed by atoms with Gasteiger partial charge in [-0.25, -0.2) is 0 Å². The Hall–Kier alpha value is -1.75. The summed E-state index contributed by atoms with van der Waals surface area (Å²) in [5.41, 5.74) is 0. The van der Waals surface area contributed by atoms with E-state index in [0.29, 0.717) is 18.0 Å². The van der Waals surface area contributed by atoms with Crippen LogP contribution in [0.5, 0.6) is 11.5 Å². The van der Waals surface area contributed by atoms with Gasteiger partial charge in [-0.05, 0) is 57.5 Å². The third kappa shape index (κ3) is 3.71. The van der Waals surface area contributed by atoms with Crippen LogP contribution in [0.15, 0.2) is 24.3 Å². The van der Waals surface area contributed by atoms with E-state index in [4.69, 9.17) is 9.47 Å². The van der Waals surface area contributed by atoms with E-state index in [9.17, 15) is 4.79 Å². The van der Waals surface area contributed by atoms with Crippen molar-refractivity contribution in [2.45, 2.75) is 25.4 Å². The zero-order valence-electron chi connectivity index (χ0n) is 13.1. The summed E-state index contributed by atoms with van der Waals surface area (Å²) in [7, 11) is 2.16. The van der Waals surface area contributed by atoms with Crippen molar-refractivity contribution in [1.82, 2.24) is 10.2 Å². The van der Waals surface area contributed by atoms with Crippen molar-refractivity contribution < 1.29 is 14.3 Å². The summed E-state index contributed by atoms with van der Waals surface area (Å²) in [4.78, 5) is 14.5. The van der Waals surface area contributed by atoms with E-state index >= 15 is 0 Å². The Bertz CT molecular complexity index is 512. The van der Waals surface area contributed by atoms with Crippen LogP contribution >= 0.6 is 0 Å². The highest BCUT2D eigenvalue weighted by molar-refractivity contribution is 5.81. The molecule has 0 radical (unpaired) electrons. The van der Waals surface area contributed by atoms with Gasteiger partial charge < -0.3 is 19.7 Å². The zero-order chi connectivity index (χ0) is 15.4. The van der Waals surface area contributed by atoms with E-state index in [2.05, 4.69) is 17.3 Å². The van der Waals surface area contributed by atoms with Gasteiger partial charge >= 0.3 is 0 Å². The standard InChI is InChI=1S/C17H24N2O3/c1-19-10-7-13(8-11-19)6-9-18-17(20)16-12-21-14-4-2-3-5-15(14)22-16/h2-5,13,16H,6-12H2,1H3,(H,18,20). The fourth-order valence-electron chi connectivity index (χ4n) is 3.01. The minimum Gasteiger partial charge on any atom is -0.485 e. The van der Waals surface area contributed by atoms with Crippen molar-refractivity contribution in [3.8, 4) is 11.5 Å². The molecule has 0 spiro atoms. The van der Waals surface area contributed by atoms with Crippen molar-refractivity contribution in [3.63, 3.8) is 0 Å². The number of nitrogens with zero attached hydrogens (tertiary/aromatic N) is 1. The maximum absolute atomic E-state index is 12.2. The number of benzene rings is 1. The van der Waals surface area contributed by atoms with Gasteiger partial charge in [-0.3, -0.25) is 4.79 Å². The van der Waals surface area contributed by atoms with Crippen LogP contribution in [0, 0.1) is 5.92 Å². The molecule has 1 aromatic carbocycles. The van der Waals surface area contributed by atoms with Crippen molar-refractivity contribution >= 4 is 5.91 Å². The highest BCUT2D eigenvalue weighted by atomic mass is 16.6. The minimum absolute atomic E-state index is 0.0811. The van der Waals surface area contributed by atoms with Gasteiger partial charge in [0.25, 0.3) is 5.91 Å². The van der Waals surface area contributed by atoms with E-state index in [1.807, 2.05) is 24.3 Å². The van der Waals surface area contributed by atoms with Crippen LogP contribution in [-0.4, -0.2) is 50.2 Å². The van der Waals surface area contributed by atoms with E-state index in [-0.39, 0.29) is 12.5 Å². The number of rotatable bonds is 4. The second-order valence-corrected chi connectivity index (χ2v) is 6.19. The van der Waals surface area contributed by atoms with Crippen LogP contribution in [0.3, 0.4) is 0 Å². The number of carbonyl (C=O) groups is 1. The normalized spacial score (nSPS) is 22.3. The van der Waals surface area contributed by atoms with Crippen LogP contribution in [0.2, 0.25) is 0 Å². The molecule has 3 rings (SSSR count). The van der Waals surface area contributed by atoms with Crippen LogP contribution in [0.25, 0.3) is 0 Å². The number of para-hydroxylation sites is 2. The minimum atomic E-state index is -0.549. The van der Waals surface area contributed by atoms with Crippen molar-refractivity contribution in [2.24, 2.45) is 5.92 Å². The van der Waals surface area contributed by atoms with E-state index in [0.717, 1.165) is 25.4 Å². The predicted octanol–water partition coefficient (Wildman–Crippen LogP) is 1.67. The Labute approximate surface area is 131 Å². The molecule has 0 aliphatic carbocycles. The Morgan fingerprint density at radius 1 is 1.27 bits per heavy atom. The smallest absolute Gasteiger partial charge is 0.264 e. The van der Waals surface area contributed by atoms with Crippen molar-refractivity contribution in [1.29, 1.82) is 0 Å². The van der Waals surface area contributed by atoms with Crippen LogP contribution in [0.4, 0.5) is 0 Å². The summed E-state index contributed by atoms with van der Waals surface area (Å²) in [6.07, 6.45) is 2.95. The number of hydrogen-bond donors (Lipinski definition) is 1. The van der Waals surface area contributed by atoms with E-state index in [1.165, 1.54) is 12.8 Å². The lowest BCUT2D eigenvalue weighted by Gasteiger charge is -2.29. The molecule has 0 aromatic heterocycles. The molecule has 5 heteroatoms. The molecule has 5 nitrogen and oxygen atoms in total. The molecule has 1 amide bonds. The maximum atomic E-state index is 12.2. The first-order valence-corrected chi connectivity index (χ1v) is 8.07. The molecular weight excluding hydrogens is 280 g/mol. The molecule has 0 saturated carbocycles. The summed E-state index contributed by atoms with van der Waals surface area (Å²) in [5, 5.41) is 2.98. The molecule has 2 aliphatic heterocycles. The SMILES string of the molecule is CN1CCC(CCNC(=O)C2COc3ccccc3O2)CC1. The lowest BCUT2D eigenvalue weighted by atomic mass is 9.94. The van der Waals surface area contributed by atoms with Gasteiger partial charge in [0, 0.05) is 6.54 Å². The summed E-state index contributed by atoms with van der Waals surface area (Å²) in [5.74, 6) is 1.99. The quantitative estimate of drug-likeness (QED) is 0.919. The molecule has 1 unspecified atom stereocenters. The number of ether oxygens (including phenoxy) is 2. The number of piperidine rings is 1. The van der Waals surface area contributed by atoms with Crippen molar-refractivity contribution in [3.05, 3.63) is 24.3 Å². The fourth-order valence-corrected chi connectivity index (χ4v) is 3.01. The Kier molecular flexibility index (Phi) is 4.83. The highest BCUT2D eigenvalue weighted by Gasteiger charge is 2.27. The topological polar surface area (TPSA) is 50.8 Å². The molecule has 22 heavy (non-hydrogen) atoms. The van der Waals surface area contributed by atoms with Gasteiger partial charge in [0.15, 0.2) is 11.5 Å². The molecule has 1 N–H and O–H groups in total. The summed E-state index contributed by atoms with van der Waals surface area (Å²) < 4.78 is 11.3. The zero-order valence-corrected chi connectivity index (χ0v) is 13.1. The maximum Gasteiger partial charge on any atom is 0.264 e. The fraction of sp³-hybridized carbons (Fsp3) is 0.588. The Balaban J connectivity index is 1.41. The Morgan fingerprint density at radius 3 is 2.77 bits per heavy atom. The lowest BCUT2D eigenvalue weighted by molar-refractivity contribution is -0.130. The number of hydrogen-bond acceptors (Lipinski definition) is 4. The molecule has 2 aliphatic rings. The van der Waals surface area contributed by atoms with Gasteiger partial charge in [0.05, 0.1) is 0 Å². The van der Waals surface area contributed by atoms with Crippen LogP contribution in [-0.2, 0) is 4.79 Å². The van der Waals surface area contributed by atoms with Crippen LogP contribution < -0.4 is 14.8 Å². The van der Waals surface area contributed by atoms with Gasteiger partial charge in [-0.1, -0.05) is 12.1 Å². The number of fused-ring (bicyclic) bond motifs is 1. The van der Waals surface area contributed by atoms with Gasteiger partial charge in [-0.15, -0.1) is 0 Å². The highest BCUT2D eigenvalue weighted by Crippen LogP contribution is 2.30. The number of nitrogens with one attached hydrogen (secondary N) is 1. The summed E-state index contributed by atoms with van der Waals surface area (Å²) in [6.45, 7) is 3.32. The number of amides is 1. The molecule has 0 bridgehead atoms. The first-order valence-electron chi connectivity index (χ1n) is 8.07. The molecule has 2 heterocycles. The molecule has 1 fully saturated rings. The summed E-state index contributed by atoms with van der Waals surface area (Å²) in [6, 6.07) is 7.45. The predicted molar refractivity (Wildman–Crippen MR) is 84.2 cm³/mol. The molecule has 1 atom stereocenters. The number of likely N-dealkylation sites (tertiary alicyclic amines) is 1. The second-order valence-electron chi connectivity index (χ2n) is 6.19. The molecular formula is C17H24N2O3. The molecule has 1 aromatic rings. The van der Waals surface area contributed by atoms with Gasteiger partial charge in [0.2, 0.25) is 6.10 Å². The first-order chi connectivity index (χ1) is 10.7.